The SMILES string of the molecule is CO[PH](=O)CC1NC(C(C)C)SC1(C)C. The van der Waals surface area contributed by atoms with Gasteiger partial charge in [-0.3, -0.25) is 4.57 Å². The average molecular weight is 251 g/mol. The third-order valence-corrected chi connectivity index (χ3v) is 5.86. The van der Waals surface area contributed by atoms with Gasteiger partial charge in [-0.25, -0.2) is 0 Å². The van der Waals surface area contributed by atoms with Crippen LogP contribution in [0.15, 0.2) is 0 Å². The zero-order valence-electron chi connectivity index (χ0n) is 10.2. The summed E-state index contributed by atoms with van der Waals surface area (Å²) in [6, 6.07) is 0.293. The Morgan fingerprint density at radius 2 is 2.13 bits per heavy atom. The van der Waals surface area contributed by atoms with Crippen LogP contribution < -0.4 is 5.32 Å². The Morgan fingerprint density at radius 1 is 1.53 bits per heavy atom. The lowest BCUT2D eigenvalue weighted by molar-refractivity contribution is 0.394. The Hall–Kier alpha value is 0.500. The molecule has 1 rings (SSSR count). The van der Waals surface area contributed by atoms with Crippen LogP contribution in [0.1, 0.15) is 27.7 Å². The van der Waals surface area contributed by atoms with Crippen LogP contribution in [0.25, 0.3) is 0 Å². The van der Waals surface area contributed by atoms with Crippen molar-refractivity contribution in [1.29, 1.82) is 0 Å². The maximum absolute atomic E-state index is 11.4. The van der Waals surface area contributed by atoms with Crippen LogP contribution in [0.3, 0.4) is 0 Å². The highest BCUT2D eigenvalue weighted by Gasteiger charge is 2.42. The summed E-state index contributed by atoms with van der Waals surface area (Å²) in [4.78, 5) is 0. The maximum Gasteiger partial charge on any atom is 0.192 e. The Labute approximate surface area is 97.6 Å². The van der Waals surface area contributed by atoms with E-state index >= 15 is 0 Å². The molecule has 1 N–H and O–H groups in total. The van der Waals surface area contributed by atoms with Crippen LogP contribution in [0.4, 0.5) is 0 Å². The summed E-state index contributed by atoms with van der Waals surface area (Å²) in [6.07, 6.45) is 0.643. The molecule has 1 aliphatic heterocycles. The van der Waals surface area contributed by atoms with E-state index in [9.17, 15) is 4.57 Å². The van der Waals surface area contributed by atoms with Crippen LogP contribution >= 0.6 is 19.8 Å². The molecule has 0 bridgehead atoms. The molecule has 0 spiro atoms. The fraction of sp³-hybridized carbons (Fsp3) is 1.00. The van der Waals surface area contributed by atoms with Gasteiger partial charge in [-0.2, -0.15) is 0 Å². The van der Waals surface area contributed by atoms with Gasteiger partial charge in [-0.05, 0) is 19.8 Å². The minimum absolute atomic E-state index is 0.147. The molecule has 0 amide bonds. The zero-order chi connectivity index (χ0) is 11.6. The van der Waals surface area contributed by atoms with Crippen molar-refractivity contribution in [1.82, 2.24) is 5.32 Å². The van der Waals surface area contributed by atoms with Crippen molar-refractivity contribution in [3.63, 3.8) is 0 Å². The molecule has 15 heavy (non-hydrogen) atoms. The first kappa shape index (κ1) is 13.6. The second-order valence-electron chi connectivity index (χ2n) is 4.89. The predicted octanol–water partition coefficient (Wildman–Crippen LogP) is 2.57. The fourth-order valence-electron chi connectivity index (χ4n) is 1.73. The molecule has 1 saturated heterocycles. The Bertz CT molecular complexity index is 246. The van der Waals surface area contributed by atoms with Crippen molar-refractivity contribution in [2.45, 2.75) is 43.9 Å². The predicted molar refractivity (Wildman–Crippen MR) is 68.1 cm³/mol. The van der Waals surface area contributed by atoms with E-state index in [4.69, 9.17) is 4.52 Å². The number of thioether (sulfide) groups is 1. The van der Waals surface area contributed by atoms with Crippen molar-refractivity contribution >= 4 is 19.8 Å². The van der Waals surface area contributed by atoms with E-state index in [-0.39, 0.29) is 4.75 Å². The molecule has 1 fully saturated rings. The van der Waals surface area contributed by atoms with E-state index in [2.05, 4.69) is 33.0 Å². The molecule has 0 aromatic carbocycles. The Morgan fingerprint density at radius 3 is 2.53 bits per heavy atom. The topological polar surface area (TPSA) is 38.3 Å². The minimum atomic E-state index is -1.86. The maximum atomic E-state index is 11.4. The molecular weight excluding hydrogens is 229 g/mol. The van der Waals surface area contributed by atoms with Gasteiger partial charge in [-0.1, -0.05) is 13.8 Å². The van der Waals surface area contributed by atoms with E-state index in [0.29, 0.717) is 23.5 Å². The highest BCUT2D eigenvalue weighted by molar-refractivity contribution is 8.01. The fourth-order valence-corrected chi connectivity index (χ4v) is 4.48. The molecule has 1 heterocycles. The number of nitrogens with one attached hydrogen (secondary N) is 1. The van der Waals surface area contributed by atoms with Crippen LogP contribution in [0.5, 0.6) is 0 Å². The van der Waals surface area contributed by atoms with Crippen molar-refractivity contribution in [2.24, 2.45) is 5.92 Å². The normalized spacial score (nSPS) is 32.1. The van der Waals surface area contributed by atoms with Crippen molar-refractivity contribution in [3.05, 3.63) is 0 Å². The first-order valence-electron chi connectivity index (χ1n) is 5.37. The molecule has 0 aromatic heterocycles. The summed E-state index contributed by atoms with van der Waals surface area (Å²) in [6.45, 7) is 8.84. The molecule has 0 saturated carbocycles. The monoisotopic (exact) mass is 251 g/mol. The number of hydrogen-bond donors (Lipinski definition) is 1. The second-order valence-corrected chi connectivity index (χ2v) is 8.24. The van der Waals surface area contributed by atoms with E-state index < -0.39 is 8.03 Å². The summed E-state index contributed by atoms with van der Waals surface area (Å²) in [7, 11) is -0.332. The highest BCUT2D eigenvalue weighted by Crippen LogP contribution is 2.43. The lowest BCUT2D eigenvalue weighted by atomic mass is 10.1. The molecule has 1 aliphatic rings. The summed E-state index contributed by atoms with van der Waals surface area (Å²) in [5.74, 6) is 0.601. The lowest BCUT2D eigenvalue weighted by Gasteiger charge is -2.24. The van der Waals surface area contributed by atoms with Crippen molar-refractivity contribution < 1.29 is 9.09 Å². The largest absolute Gasteiger partial charge is 0.334 e. The quantitative estimate of drug-likeness (QED) is 0.779. The van der Waals surface area contributed by atoms with Gasteiger partial charge in [-0.15, -0.1) is 11.8 Å². The van der Waals surface area contributed by atoms with E-state index in [0.717, 1.165) is 0 Å². The highest BCUT2D eigenvalue weighted by atomic mass is 32.2. The molecule has 0 radical (unpaired) electrons. The molecule has 3 nitrogen and oxygen atoms in total. The van der Waals surface area contributed by atoms with Crippen molar-refractivity contribution in [3.8, 4) is 0 Å². The van der Waals surface area contributed by atoms with E-state index in [1.54, 1.807) is 0 Å². The van der Waals surface area contributed by atoms with Crippen LogP contribution in [0, 0.1) is 5.92 Å². The van der Waals surface area contributed by atoms with Crippen molar-refractivity contribution in [2.75, 3.05) is 13.3 Å². The summed E-state index contributed by atoms with van der Waals surface area (Å²) in [5.41, 5.74) is 0. The van der Waals surface area contributed by atoms with Gasteiger partial charge in [0.05, 0.1) is 5.37 Å². The Balaban J connectivity index is 2.61. The van der Waals surface area contributed by atoms with Gasteiger partial charge in [0, 0.05) is 24.1 Å². The summed E-state index contributed by atoms with van der Waals surface area (Å²) >= 11 is 1.95. The standard InChI is InChI=1S/C10H22NO2PS/c1-7(2)9-11-8(6-14(12)13-5)10(3,4)15-9/h7-9,11,14H,6H2,1-5H3. The van der Waals surface area contributed by atoms with Gasteiger partial charge in [0.15, 0.2) is 8.03 Å². The van der Waals surface area contributed by atoms with Crippen LogP contribution in [0.2, 0.25) is 0 Å². The summed E-state index contributed by atoms with van der Waals surface area (Å²) in [5, 5.41) is 4.02. The molecule has 5 heteroatoms. The number of rotatable bonds is 4. The molecule has 3 atom stereocenters. The van der Waals surface area contributed by atoms with Gasteiger partial charge in [0.1, 0.15) is 0 Å². The molecule has 0 aromatic rings. The molecule has 0 aliphatic carbocycles. The first-order valence-corrected chi connectivity index (χ1v) is 7.78. The van der Waals surface area contributed by atoms with E-state index in [1.807, 2.05) is 11.8 Å². The second kappa shape index (κ2) is 5.22. The average Bonchev–Trinajstić information content (AvgIpc) is 2.42. The zero-order valence-corrected chi connectivity index (χ0v) is 12.0. The molecule has 90 valence electrons. The van der Waals surface area contributed by atoms with Gasteiger partial charge in [0.2, 0.25) is 0 Å². The first-order chi connectivity index (χ1) is 6.86. The Kier molecular flexibility index (Phi) is 4.72. The smallest absolute Gasteiger partial charge is 0.192 e. The third kappa shape index (κ3) is 3.48. The van der Waals surface area contributed by atoms with E-state index in [1.165, 1.54) is 7.11 Å². The summed E-state index contributed by atoms with van der Waals surface area (Å²) < 4.78 is 16.5. The molecular formula is C10H22NO2PS. The van der Waals surface area contributed by atoms with Gasteiger partial charge < -0.3 is 9.84 Å². The van der Waals surface area contributed by atoms with Gasteiger partial charge >= 0.3 is 0 Å². The number of hydrogen-bond acceptors (Lipinski definition) is 4. The molecule has 3 unspecified atom stereocenters. The van der Waals surface area contributed by atoms with Gasteiger partial charge in [0.25, 0.3) is 0 Å². The lowest BCUT2D eigenvalue weighted by Crippen LogP contribution is -2.41. The van der Waals surface area contributed by atoms with Crippen LogP contribution in [-0.4, -0.2) is 29.4 Å². The van der Waals surface area contributed by atoms with Crippen LogP contribution in [-0.2, 0) is 9.09 Å². The third-order valence-electron chi connectivity index (χ3n) is 2.84. The minimum Gasteiger partial charge on any atom is -0.334 e.